The van der Waals surface area contributed by atoms with Gasteiger partial charge in [-0.2, -0.15) is 0 Å². The fourth-order valence-corrected chi connectivity index (χ4v) is 1.50. The first-order chi connectivity index (χ1) is 7.97. The van der Waals surface area contributed by atoms with Crippen LogP contribution in [0.15, 0.2) is 0 Å². The smallest absolute Gasteiger partial charge is 0.310 e. The summed E-state index contributed by atoms with van der Waals surface area (Å²) in [6.07, 6.45) is 0.780. The van der Waals surface area contributed by atoms with Gasteiger partial charge in [-0.3, -0.25) is 4.79 Å². The summed E-state index contributed by atoms with van der Waals surface area (Å²) in [6.45, 7) is 10.1. The van der Waals surface area contributed by atoms with E-state index >= 15 is 0 Å². The maximum atomic E-state index is 11.6. The monoisotopic (exact) mass is 245 g/mol. The zero-order chi connectivity index (χ0) is 13.3. The lowest BCUT2D eigenvalue weighted by atomic mass is 9.97. The van der Waals surface area contributed by atoms with Gasteiger partial charge in [0, 0.05) is 13.2 Å². The third-order valence-electron chi connectivity index (χ3n) is 2.30. The van der Waals surface area contributed by atoms with E-state index in [0.717, 1.165) is 6.42 Å². The molecule has 1 atom stereocenters. The molecule has 0 spiro atoms. The molecular weight excluding hydrogens is 218 g/mol. The number of esters is 1. The SMILES string of the molecule is CC(C)COCCOC(=O)C(CN)CC(C)C. The van der Waals surface area contributed by atoms with Crippen molar-refractivity contribution in [1.29, 1.82) is 0 Å². The Labute approximate surface area is 105 Å². The van der Waals surface area contributed by atoms with Crippen LogP contribution >= 0.6 is 0 Å². The fourth-order valence-electron chi connectivity index (χ4n) is 1.50. The molecule has 0 fully saturated rings. The van der Waals surface area contributed by atoms with Crippen molar-refractivity contribution in [1.82, 2.24) is 0 Å². The van der Waals surface area contributed by atoms with E-state index in [4.69, 9.17) is 15.2 Å². The Balaban J connectivity index is 3.68. The van der Waals surface area contributed by atoms with Gasteiger partial charge in [-0.15, -0.1) is 0 Å². The lowest BCUT2D eigenvalue weighted by Crippen LogP contribution is -2.28. The Bertz CT molecular complexity index is 205. The molecule has 0 saturated heterocycles. The summed E-state index contributed by atoms with van der Waals surface area (Å²) >= 11 is 0. The van der Waals surface area contributed by atoms with Crippen molar-refractivity contribution in [2.45, 2.75) is 34.1 Å². The second kappa shape index (κ2) is 9.42. The average Bonchev–Trinajstić information content (AvgIpc) is 2.24. The van der Waals surface area contributed by atoms with Gasteiger partial charge in [0.2, 0.25) is 0 Å². The number of rotatable bonds is 9. The lowest BCUT2D eigenvalue weighted by molar-refractivity contribution is -0.150. The summed E-state index contributed by atoms with van der Waals surface area (Å²) in [7, 11) is 0. The van der Waals surface area contributed by atoms with Gasteiger partial charge in [-0.25, -0.2) is 0 Å². The molecule has 0 aliphatic heterocycles. The molecule has 102 valence electrons. The van der Waals surface area contributed by atoms with Crippen LogP contribution in [0.5, 0.6) is 0 Å². The molecule has 0 bridgehead atoms. The second-order valence-corrected chi connectivity index (χ2v) is 5.20. The predicted octanol–water partition coefficient (Wildman–Crippen LogP) is 1.82. The summed E-state index contributed by atoms with van der Waals surface area (Å²) in [5, 5.41) is 0. The average molecular weight is 245 g/mol. The van der Waals surface area contributed by atoms with Gasteiger partial charge in [-0.05, 0) is 18.3 Å². The molecule has 17 heavy (non-hydrogen) atoms. The molecule has 4 nitrogen and oxygen atoms in total. The van der Waals surface area contributed by atoms with Crippen molar-refractivity contribution in [3.8, 4) is 0 Å². The number of hydrogen-bond donors (Lipinski definition) is 1. The van der Waals surface area contributed by atoms with Crippen LogP contribution < -0.4 is 5.73 Å². The largest absolute Gasteiger partial charge is 0.463 e. The van der Waals surface area contributed by atoms with Crippen molar-refractivity contribution in [2.75, 3.05) is 26.4 Å². The Morgan fingerprint density at radius 1 is 1.12 bits per heavy atom. The lowest BCUT2D eigenvalue weighted by Gasteiger charge is -2.16. The molecule has 0 rings (SSSR count). The zero-order valence-corrected chi connectivity index (χ0v) is 11.6. The Morgan fingerprint density at radius 2 is 1.76 bits per heavy atom. The standard InChI is InChI=1S/C13H27NO3/c1-10(2)7-12(8-14)13(15)17-6-5-16-9-11(3)4/h10-12H,5-9,14H2,1-4H3. The van der Waals surface area contributed by atoms with Crippen molar-refractivity contribution < 1.29 is 14.3 Å². The van der Waals surface area contributed by atoms with Crippen LogP contribution in [0.2, 0.25) is 0 Å². The molecule has 0 aromatic rings. The minimum absolute atomic E-state index is 0.180. The molecule has 0 aromatic heterocycles. The normalized spacial score (nSPS) is 13.1. The van der Waals surface area contributed by atoms with Crippen LogP contribution in [0.4, 0.5) is 0 Å². The number of carbonyl (C=O) groups excluding carboxylic acids is 1. The van der Waals surface area contributed by atoms with Crippen LogP contribution in [0.3, 0.4) is 0 Å². The molecule has 0 radical (unpaired) electrons. The van der Waals surface area contributed by atoms with E-state index in [-0.39, 0.29) is 11.9 Å². The third kappa shape index (κ3) is 9.12. The van der Waals surface area contributed by atoms with Crippen molar-refractivity contribution in [2.24, 2.45) is 23.5 Å². The Morgan fingerprint density at radius 3 is 2.24 bits per heavy atom. The van der Waals surface area contributed by atoms with Crippen LogP contribution in [0.25, 0.3) is 0 Å². The fraction of sp³-hybridized carbons (Fsp3) is 0.923. The van der Waals surface area contributed by atoms with E-state index in [9.17, 15) is 4.79 Å². The van der Waals surface area contributed by atoms with Gasteiger partial charge >= 0.3 is 5.97 Å². The van der Waals surface area contributed by atoms with Crippen LogP contribution in [0, 0.1) is 17.8 Å². The van der Waals surface area contributed by atoms with Gasteiger partial charge in [-0.1, -0.05) is 27.7 Å². The highest BCUT2D eigenvalue weighted by atomic mass is 16.6. The number of nitrogens with two attached hydrogens (primary N) is 1. The highest BCUT2D eigenvalue weighted by Crippen LogP contribution is 2.12. The van der Waals surface area contributed by atoms with Gasteiger partial charge in [0.25, 0.3) is 0 Å². The molecule has 0 heterocycles. The van der Waals surface area contributed by atoms with Gasteiger partial charge < -0.3 is 15.2 Å². The zero-order valence-electron chi connectivity index (χ0n) is 11.6. The second-order valence-electron chi connectivity index (χ2n) is 5.20. The minimum atomic E-state index is -0.200. The number of carbonyl (C=O) groups is 1. The van der Waals surface area contributed by atoms with Crippen molar-refractivity contribution >= 4 is 5.97 Å². The van der Waals surface area contributed by atoms with Gasteiger partial charge in [0.05, 0.1) is 12.5 Å². The molecular formula is C13H27NO3. The van der Waals surface area contributed by atoms with Crippen LogP contribution in [-0.2, 0) is 14.3 Å². The first kappa shape index (κ1) is 16.4. The van der Waals surface area contributed by atoms with E-state index in [2.05, 4.69) is 27.7 Å². The van der Waals surface area contributed by atoms with E-state index in [1.807, 2.05) is 0 Å². The van der Waals surface area contributed by atoms with Crippen molar-refractivity contribution in [3.63, 3.8) is 0 Å². The van der Waals surface area contributed by atoms with Crippen LogP contribution in [-0.4, -0.2) is 32.3 Å². The first-order valence-corrected chi connectivity index (χ1v) is 6.41. The third-order valence-corrected chi connectivity index (χ3v) is 2.30. The molecule has 0 aromatic carbocycles. The van der Waals surface area contributed by atoms with Crippen LogP contribution in [0.1, 0.15) is 34.1 Å². The topological polar surface area (TPSA) is 61.5 Å². The van der Waals surface area contributed by atoms with E-state index in [1.54, 1.807) is 0 Å². The molecule has 4 heteroatoms. The molecule has 0 saturated carbocycles. The van der Waals surface area contributed by atoms with E-state index in [0.29, 0.717) is 38.2 Å². The molecule has 0 amide bonds. The number of ether oxygens (including phenoxy) is 2. The quantitative estimate of drug-likeness (QED) is 0.497. The summed E-state index contributed by atoms with van der Waals surface area (Å²) in [4.78, 5) is 11.6. The highest BCUT2D eigenvalue weighted by molar-refractivity contribution is 5.72. The molecule has 2 N–H and O–H groups in total. The minimum Gasteiger partial charge on any atom is -0.463 e. The van der Waals surface area contributed by atoms with Gasteiger partial charge in [0.1, 0.15) is 6.61 Å². The molecule has 0 aliphatic carbocycles. The number of hydrogen-bond acceptors (Lipinski definition) is 4. The highest BCUT2D eigenvalue weighted by Gasteiger charge is 2.19. The maximum absolute atomic E-state index is 11.6. The summed E-state index contributed by atoms with van der Waals surface area (Å²) in [5.41, 5.74) is 5.56. The summed E-state index contributed by atoms with van der Waals surface area (Å²) in [6, 6.07) is 0. The van der Waals surface area contributed by atoms with E-state index in [1.165, 1.54) is 0 Å². The summed E-state index contributed by atoms with van der Waals surface area (Å²) < 4.78 is 10.5. The Hall–Kier alpha value is -0.610. The first-order valence-electron chi connectivity index (χ1n) is 6.41. The predicted molar refractivity (Wildman–Crippen MR) is 68.6 cm³/mol. The molecule has 1 unspecified atom stereocenters. The van der Waals surface area contributed by atoms with Gasteiger partial charge in [0.15, 0.2) is 0 Å². The Kier molecular flexibility index (Phi) is 9.09. The summed E-state index contributed by atoms with van der Waals surface area (Å²) in [5.74, 6) is 0.575. The molecule has 0 aliphatic rings. The maximum Gasteiger partial charge on any atom is 0.310 e. The van der Waals surface area contributed by atoms with E-state index < -0.39 is 0 Å². The van der Waals surface area contributed by atoms with Crippen molar-refractivity contribution in [3.05, 3.63) is 0 Å².